The predicted molar refractivity (Wildman–Crippen MR) is 63.4 cm³/mol. The van der Waals surface area contributed by atoms with E-state index in [1.807, 2.05) is 0 Å². The highest BCUT2D eigenvalue weighted by atomic mass is 16.6. The molecule has 1 fully saturated rings. The van der Waals surface area contributed by atoms with Crippen LogP contribution in [-0.4, -0.2) is 37.6 Å². The Hall–Kier alpha value is -1.72. The molecule has 100 valence electrons. The zero-order valence-electron chi connectivity index (χ0n) is 10.5. The van der Waals surface area contributed by atoms with Gasteiger partial charge in [0.1, 0.15) is 25.0 Å². The van der Waals surface area contributed by atoms with Gasteiger partial charge < -0.3 is 20.1 Å². The van der Waals surface area contributed by atoms with E-state index in [-0.39, 0.29) is 17.6 Å². The first-order valence-electron chi connectivity index (χ1n) is 6.23. The molecule has 18 heavy (non-hydrogen) atoms. The van der Waals surface area contributed by atoms with Gasteiger partial charge in [0.15, 0.2) is 0 Å². The number of carbonyl (C=O) groups is 2. The summed E-state index contributed by atoms with van der Waals surface area (Å²) in [5, 5.41) is 5.47. The lowest BCUT2D eigenvalue weighted by Crippen LogP contribution is -2.46. The highest BCUT2D eigenvalue weighted by molar-refractivity contribution is 5.95. The fourth-order valence-electron chi connectivity index (χ4n) is 2.03. The molecule has 2 amide bonds. The molecule has 2 heterocycles. The van der Waals surface area contributed by atoms with Crippen LogP contribution in [0.2, 0.25) is 0 Å². The number of nitrogens with one attached hydrogen (secondary N) is 2. The quantitative estimate of drug-likeness (QED) is 0.730. The molecular formula is C12H18N2O4. The average Bonchev–Trinajstić information content (AvgIpc) is 2.55. The van der Waals surface area contributed by atoms with Crippen LogP contribution >= 0.6 is 0 Å². The van der Waals surface area contributed by atoms with E-state index in [9.17, 15) is 9.59 Å². The highest BCUT2D eigenvalue weighted by Crippen LogP contribution is 2.14. The lowest BCUT2D eigenvalue weighted by Gasteiger charge is -2.21. The first-order chi connectivity index (χ1) is 8.68. The predicted octanol–water partition coefficient (Wildman–Crippen LogP) is 0.0496. The minimum Gasteiger partial charge on any atom is -0.491 e. The van der Waals surface area contributed by atoms with E-state index in [0.717, 1.165) is 12.8 Å². The number of rotatable bonds is 2. The van der Waals surface area contributed by atoms with Crippen molar-refractivity contribution in [3.05, 3.63) is 11.5 Å². The standard InChI is InChI=1S/C12H18N2O4/c1-8-10(18-7-6-17-8)12(16)14-9-4-2-3-5-13-11(9)15/h9H,2-7H2,1H3,(H,13,15)(H,14,16). The first-order valence-corrected chi connectivity index (χ1v) is 6.23. The van der Waals surface area contributed by atoms with E-state index in [0.29, 0.717) is 31.9 Å². The highest BCUT2D eigenvalue weighted by Gasteiger charge is 2.26. The smallest absolute Gasteiger partial charge is 0.290 e. The van der Waals surface area contributed by atoms with Crippen molar-refractivity contribution < 1.29 is 19.1 Å². The molecule has 2 aliphatic rings. The zero-order chi connectivity index (χ0) is 13.0. The molecule has 0 saturated carbocycles. The Kier molecular flexibility index (Phi) is 4.07. The normalized spacial score (nSPS) is 24.5. The van der Waals surface area contributed by atoms with Crippen LogP contribution in [0.15, 0.2) is 11.5 Å². The summed E-state index contributed by atoms with van der Waals surface area (Å²) in [5.41, 5.74) is 0. The minimum absolute atomic E-state index is 0.129. The maximum Gasteiger partial charge on any atom is 0.290 e. The van der Waals surface area contributed by atoms with E-state index in [4.69, 9.17) is 9.47 Å². The van der Waals surface area contributed by atoms with Crippen molar-refractivity contribution in [2.24, 2.45) is 0 Å². The molecule has 1 unspecified atom stereocenters. The summed E-state index contributed by atoms with van der Waals surface area (Å²) in [5.74, 6) is 0.135. The van der Waals surface area contributed by atoms with E-state index >= 15 is 0 Å². The average molecular weight is 254 g/mol. The molecule has 0 radical (unpaired) electrons. The second-order valence-electron chi connectivity index (χ2n) is 4.40. The molecule has 1 saturated heterocycles. The van der Waals surface area contributed by atoms with Crippen molar-refractivity contribution in [2.45, 2.75) is 32.2 Å². The summed E-state index contributed by atoms with van der Waals surface area (Å²) in [4.78, 5) is 23.7. The molecule has 2 aliphatic heterocycles. The molecule has 0 aromatic heterocycles. The Labute approximate surface area is 106 Å². The molecule has 2 rings (SSSR count). The molecule has 0 aromatic rings. The molecule has 0 spiro atoms. The molecule has 0 bridgehead atoms. The van der Waals surface area contributed by atoms with E-state index in [1.165, 1.54) is 0 Å². The summed E-state index contributed by atoms with van der Waals surface area (Å²) in [6, 6.07) is -0.481. The van der Waals surface area contributed by atoms with E-state index in [2.05, 4.69) is 10.6 Å². The lowest BCUT2D eigenvalue weighted by molar-refractivity contribution is -0.129. The minimum atomic E-state index is -0.481. The third-order valence-electron chi connectivity index (χ3n) is 3.01. The van der Waals surface area contributed by atoms with Gasteiger partial charge in [-0.25, -0.2) is 0 Å². The zero-order valence-corrected chi connectivity index (χ0v) is 10.5. The largest absolute Gasteiger partial charge is 0.491 e. The van der Waals surface area contributed by atoms with Gasteiger partial charge in [-0.05, 0) is 26.2 Å². The third-order valence-corrected chi connectivity index (χ3v) is 3.01. The molecule has 6 nitrogen and oxygen atoms in total. The van der Waals surface area contributed by atoms with Crippen LogP contribution < -0.4 is 10.6 Å². The van der Waals surface area contributed by atoms with Gasteiger partial charge in [-0.2, -0.15) is 0 Å². The fourth-order valence-corrected chi connectivity index (χ4v) is 2.03. The topological polar surface area (TPSA) is 76.7 Å². The lowest BCUT2D eigenvalue weighted by atomic mass is 10.1. The van der Waals surface area contributed by atoms with Crippen LogP contribution in [0.4, 0.5) is 0 Å². The maximum absolute atomic E-state index is 12.0. The molecule has 0 aromatic carbocycles. The number of carbonyl (C=O) groups excluding carboxylic acids is 2. The van der Waals surface area contributed by atoms with Gasteiger partial charge in [0.05, 0.1) is 0 Å². The van der Waals surface area contributed by atoms with Gasteiger partial charge in [-0.1, -0.05) is 0 Å². The summed E-state index contributed by atoms with van der Waals surface area (Å²) in [6.45, 7) is 3.16. The van der Waals surface area contributed by atoms with Crippen LogP contribution in [0, 0.1) is 0 Å². The van der Waals surface area contributed by atoms with Crippen molar-refractivity contribution in [1.82, 2.24) is 10.6 Å². The SMILES string of the molecule is CC1=C(C(=O)NC2CCCCNC2=O)OCCO1. The van der Waals surface area contributed by atoms with Gasteiger partial charge in [-0.15, -0.1) is 0 Å². The van der Waals surface area contributed by atoms with Crippen LogP contribution in [-0.2, 0) is 19.1 Å². The monoisotopic (exact) mass is 254 g/mol. The van der Waals surface area contributed by atoms with Crippen molar-refractivity contribution in [2.75, 3.05) is 19.8 Å². The van der Waals surface area contributed by atoms with Crippen LogP contribution in [0.1, 0.15) is 26.2 Å². The van der Waals surface area contributed by atoms with E-state index < -0.39 is 6.04 Å². The first kappa shape index (κ1) is 12.7. The van der Waals surface area contributed by atoms with Crippen LogP contribution in [0.25, 0.3) is 0 Å². The van der Waals surface area contributed by atoms with Gasteiger partial charge >= 0.3 is 0 Å². The molecule has 2 N–H and O–H groups in total. The maximum atomic E-state index is 12.0. The number of allylic oxidation sites excluding steroid dienone is 1. The Balaban J connectivity index is 1.99. The number of ether oxygens (including phenoxy) is 2. The van der Waals surface area contributed by atoms with Crippen molar-refractivity contribution in [1.29, 1.82) is 0 Å². The van der Waals surface area contributed by atoms with E-state index in [1.54, 1.807) is 6.92 Å². The molecular weight excluding hydrogens is 236 g/mol. The summed E-state index contributed by atoms with van der Waals surface area (Å²) in [6.07, 6.45) is 2.52. The van der Waals surface area contributed by atoms with Crippen molar-refractivity contribution in [3.8, 4) is 0 Å². The Morgan fingerprint density at radius 3 is 2.89 bits per heavy atom. The second-order valence-corrected chi connectivity index (χ2v) is 4.40. The van der Waals surface area contributed by atoms with Crippen molar-refractivity contribution >= 4 is 11.8 Å². The number of hydrogen-bond donors (Lipinski definition) is 2. The second kappa shape index (κ2) is 5.75. The number of hydrogen-bond acceptors (Lipinski definition) is 4. The summed E-state index contributed by atoms with van der Waals surface area (Å²) >= 11 is 0. The summed E-state index contributed by atoms with van der Waals surface area (Å²) in [7, 11) is 0. The Morgan fingerprint density at radius 1 is 1.33 bits per heavy atom. The third kappa shape index (κ3) is 2.94. The number of amides is 2. The van der Waals surface area contributed by atoms with Gasteiger partial charge in [0.25, 0.3) is 5.91 Å². The Morgan fingerprint density at radius 2 is 2.11 bits per heavy atom. The molecule has 1 atom stereocenters. The van der Waals surface area contributed by atoms with Crippen molar-refractivity contribution in [3.63, 3.8) is 0 Å². The molecule has 6 heteroatoms. The Bertz CT molecular complexity index is 378. The molecule has 0 aliphatic carbocycles. The van der Waals surface area contributed by atoms with Crippen LogP contribution in [0.5, 0.6) is 0 Å². The van der Waals surface area contributed by atoms with Gasteiger partial charge in [-0.3, -0.25) is 9.59 Å². The summed E-state index contributed by atoms with van der Waals surface area (Å²) < 4.78 is 10.5. The fraction of sp³-hybridized carbons (Fsp3) is 0.667. The van der Waals surface area contributed by atoms with Crippen LogP contribution in [0.3, 0.4) is 0 Å². The van der Waals surface area contributed by atoms with Gasteiger partial charge in [0, 0.05) is 6.54 Å². The van der Waals surface area contributed by atoms with Gasteiger partial charge in [0.2, 0.25) is 11.7 Å².